The van der Waals surface area contributed by atoms with E-state index in [-0.39, 0.29) is 27.8 Å². The van der Waals surface area contributed by atoms with Gasteiger partial charge in [-0.1, -0.05) is 34.1 Å². The molecule has 0 saturated heterocycles. The Morgan fingerprint density at radius 1 is 1.09 bits per heavy atom. The van der Waals surface area contributed by atoms with E-state index in [1.165, 1.54) is 40.7 Å². The minimum atomic E-state index is -3.83. The zero-order chi connectivity index (χ0) is 23.9. The van der Waals surface area contributed by atoms with Crippen LogP contribution in [0.5, 0.6) is 0 Å². The molecule has 3 aromatic rings. The number of amides is 1. The number of rotatable bonds is 5. The van der Waals surface area contributed by atoms with Gasteiger partial charge in [-0.25, -0.2) is 13.2 Å². The first-order valence-corrected chi connectivity index (χ1v) is 12.4. The molecule has 1 heterocycles. The summed E-state index contributed by atoms with van der Waals surface area (Å²) in [6, 6.07) is 15.7. The molecule has 1 amide bonds. The first kappa shape index (κ1) is 23.0. The summed E-state index contributed by atoms with van der Waals surface area (Å²) in [5.74, 6) is -1.72. The molecule has 3 aromatic carbocycles. The van der Waals surface area contributed by atoms with Crippen molar-refractivity contribution in [1.82, 2.24) is 0 Å². The van der Waals surface area contributed by atoms with Crippen molar-refractivity contribution < 1.29 is 23.1 Å². The van der Waals surface area contributed by atoms with Gasteiger partial charge in [-0.2, -0.15) is 0 Å². The van der Waals surface area contributed by atoms with Gasteiger partial charge in [0.25, 0.3) is 15.9 Å². The van der Waals surface area contributed by atoms with E-state index in [9.17, 15) is 23.1 Å². The van der Waals surface area contributed by atoms with Crippen molar-refractivity contribution >= 4 is 49.2 Å². The summed E-state index contributed by atoms with van der Waals surface area (Å²) in [4.78, 5) is 24.2. The fourth-order valence-corrected chi connectivity index (χ4v) is 6.19. The minimum Gasteiger partial charge on any atom is -0.478 e. The summed E-state index contributed by atoms with van der Waals surface area (Å²) < 4.78 is 28.9. The summed E-state index contributed by atoms with van der Waals surface area (Å²) >= 11 is 3.21. The highest BCUT2D eigenvalue weighted by atomic mass is 79.9. The van der Waals surface area contributed by atoms with E-state index in [4.69, 9.17) is 0 Å². The van der Waals surface area contributed by atoms with Crippen molar-refractivity contribution in [3.63, 3.8) is 0 Å². The number of sulfonamides is 1. The molecule has 0 aromatic heterocycles. The van der Waals surface area contributed by atoms with Crippen molar-refractivity contribution in [2.24, 2.45) is 0 Å². The van der Waals surface area contributed by atoms with Crippen LogP contribution in [0.2, 0.25) is 0 Å². The summed E-state index contributed by atoms with van der Waals surface area (Å²) in [5, 5.41) is 11.9. The predicted octanol–water partition coefficient (Wildman–Crippen LogP) is 4.85. The van der Waals surface area contributed by atoms with Crippen molar-refractivity contribution in [3.8, 4) is 0 Å². The Hall–Kier alpha value is -3.17. The number of carbonyl (C=O) groups is 2. The third kappa shape index (κ3) is 4.26. The number of nitrogens with one attached hydrogen (secondary N) is 1. The van der Waals surface area contributed by atoms with Crippen molar-refractivity contribution in [2.75, 3.05) is 9.62 Å². The number of fused-ring (bicyclic) bond motifs is 1. The van der Waals surface area contributed by atoms with E-state index in [1.54, 1.807) is 6.07 Å². The lowest BCUT2D eigenvalue weighted by molar-refractivity contribution is 0.0698. The monoisotopic (exact) mass is 528 g/mol. The molecule has 170 valence electrons. The standard InChI is InChI=1S/C24H21BrN2O5S/c1-14-4-3-5-17-12-15(2)27(22(14)17)33(31,32)19-9-6-16(7-10-19)23(28)26-21-11-8-18(25)13-20(21)24(29)30/h3-11,13,15H,12H2,1-2H3,(H,26,28)(H,29,30). The van der Waals surface area contributed by atoms with Gasteiger partial charge < -0.3 is 10.4 Å². The quantitative estimate of drug-likeness (QED) is 0.492. The zero-order valence-corrected chi connectivity index (χ0v) is 20.3. The molecule has 7 nitrogen and oxygen atoms in total. The third-order valence-electron chi connectivity index (χ3n) is 5.59. The molecule has 0 radical (unpaired) electrons. The van der Waals surface area contributed by atoms with E-state index in [2.05, 4.69) is 21.2 Å². The molecular formula is C24H21BrN2O5S. The highest BCUT2D eigenvalue weighted by Crippen LogP contribution is 2.39. The molecular weight excluding hydrogens is 508 g/mol. The summed E-state index contributed by atoms with van der Waals surface area (Å²) in [6.07, 6.45) is 0.635. The van der Waals surface area contributed by atoms with Crippen LogP contribution in [-0.4, -0.2) is 31.4 Å². The molecule has 1 aliphatic rings. The molecule has 4 rings (SSSR count). The van der Waals surface area contributed by atoms with Crippen molar-refractivity contribution in [2.45, 2.75) is 31.2 Å². The minimum absolute atomic E-state index is 0.0611. The molecule has 0 spiro atoms. The second-order valence-electron chi connectivity index (χ2n) is 7.91. The van der Waals surface area contributed by atoms with Crippen molar-refractivity contribution in [3.05, 3.63) is 87.4 Å². The number of hydrogen-bond acceptors (Lipinski definition) is 4. The Kier molecular flexibility index (Phi) is 6.02. The Balaban J connectivity index is 1.61. The normalized spacial score (nSPS) is 15.2. The maximum Gasteiger partial charge on any atom is 0.337 e. The van der Waals surface area contributed by atoms with Gasteiger partial charge in [-0.05, 0) is 73.9 Å². The fraction of sp³-hybridized carbons (Fsp3) is 0.167. The largest absolute Gasteiger partial charge is 0.478 e. The SMILES string of the molecule is Cc1cccc2c1N(S(=O)(=O)c1ccc(C(=O)Nc3ccc(Br)cc3C(=O)O)cc1)C(C)C2. The van der Waals surface area contributed by atoms with Crippen molar-refractivity contribution in [1.29, 1.82) is 0 Å². The first-order valence-electron chi connectivity index (χ1n) is 10.2. The van der Waals surface area contributed by atoms with Crippen LogP contribution in [0, 0.1) is 6.92 Å². The van der Waals surface area contributed by atoms with Gasteiger partial charge in [0.15, 0.2) is 0 Å². The Morgan fingerprint density at radius 3 is 2.45 bits per heavy atom. The van der Waals surface area contributed by atoms with Crippen LogP contribution in [0.1, 0.15) is 38.8 Å². The van der Waals surface area contributed by atoms with Crippen LogP contribution >= 0.6 is 15.9 Å². The molecule has 0 fully saturated rings. The smallest absolute Gasteiger partial charge is 0.337 e. The van der Waals surface area contributed by atoms with E-state index in [1.807, 2.05) is 32.0 Å². The lowest BCUT2D eigenvalue weighted by Crippen LogP contribution is -2.36. The average Bonchev–Trinajstić information content (AvgIpc) is 3.13. The average molecular weight is 529 g/mol. The van der Waals surface area contributed by atoms with Gasteiger partial charge in [0.05, 0.1) is 21.8 Å². The number of para-hydroxylation sites is 1. The molecule has 1 unspecified atom stereocenters. The second-order valence-corrected chi connectivity index (χ2v) is 10.6. The highest BCUT2D eigenvalue weighted by molar-refractivity contribution is 9.10. The Bertz CT molecular complexity index is 1370. The highest BCUT2D eigenvalue weighted by Gasteiger charge is 2.37. The molecule has 0 saturated carbocycles. The molecule has 0 bridgehead atoms. The lowest BCUT2D eigenvalue weighted by atomic mass is 10.1. The summed E-state index contributed by atoms with van der Waals surface area (Å²) in [5.41, 5.74) is 2.88. The van der Waals surface area contributed by atoms with E-state index in [0.29, 0.717) is 16.6 Å². The molecule has 2 N–H and O–H groups in total. The Labute approximate surface area is 200 Å². The van der Waals surface area contributed by atoms with E-state index >= 15 is 0 Å². The zero-order valence-electron chi connectivity index (χ0n) is 17.9. The summed E-state index contributed by atoms with van der Waals surface area (Å²) in [6.45, 7) is 3.76. The fourth-order valence-electron chi connectivity index (χ4n) is 4.07. The van der Waals surface area contributed by atoms with Gasteiger partial charge in [0.2, 0.25) is 0 Å². The molecule has 33 heavy (non-hydrogen) atoms. The van der Waals surface area contributed by atoms with Crippen LogP contribution in [0.25, 0.3) is 0 Å². The number of aromatic carboxylic acids is 1. The topological polar surface area (TPSA) is 104 Å². The van der Waals surface area contributed by atoms with Gasteiger partial charge in [0, 0.05) is 16.1 Å². The van der Waals surface area contributed by atoms with Gasteiger partial charge in [-0.3, -0.25) is 9.10 Å². The first-order chi connectivity index (χ1) is 15.6. The number of hydrogen-bond donors (Lipinski definition) is 2. The molecule has 9 heteroatoms. The van der Waals surface area contributed by atoms with Crippen LogP contribution in [0.4, 0.5) is 11.4 Å². The number of carboxylic acids is 1. The third-order valence-corrected chi connectivity index (χ3v) is 8.01. The number of benzene rings is 3. The summed E-state index contributed by atoms with van der Waals surface area (Å²) in [7, 11) is -3.83. The number of aryl methyl sites for hydroxylation is 1. The van der Waals surface area contributed by atoms with Gasteiger partial charge in [0.1, 0.15) is 0 Å². The maximum absolute atomic E-state index is 13.4. The second kappa shape index (κ2) is 8.64. The number of halogens is 1. The van der Waals surface area contributed by atoms with Gasteiger partial charge in [-0.15, -0.1) is 0 Å². The number of nitrogens with zero attached hydrogens (tertiary/aromatic N) is 1. The Morgan fingerprint density at radius 2 is 1.79 bits per heavy atom. The number of anilines is 2. The lowest BCUT2D eigenvalue weighted by Gasteiger charge is -2.25. The number of carboxylic acid groups (broad SMARTS) is 1. The van der Waals surface area contributed by atoms with Crippen LogP contribution < -0.4 is 9.62 Å². The molecule has 1 atom stereocenters. The van der Waals surface area contributed by atoms with E-state index < -0.39 is 21.9 Å². The van der Waals surface area contributed by atoms with E-state index in [0.717, 1.165) is 11.1 Å². The molecule has 1 aliphatic heterocycles. The van der Waals surface area contributed by atoms with Crippen LogP contribution in [0.3, 0.4) is 0 Å². The number of carbonyl (C=O) groups excluding carboxylic acids is 1. The maximum atomic E-state index is 13.4. The van der Waals surface area contributed by atoms with Crippen LogP contribution in [0.15, 0.2) is 70.0 Å². The van der Waals surface area contributed by atoms with Crippen LogP contribution in [-0.2, 0) is 16.4 Å². The predicted molar refractivity (Wildman–Crippen MR) is 130 cm³/mol. The molecule has 0 aliphatic carbocycles. The van der Waals surface area contributed by atoms with Gasteiger partial charge >= 0.3 is 5.97 Å².